The van der Waals surface area contributed by atoms with Crippen LogP contribution in [0.4, 0.5) is 0 Å². The van der Waals surface area contributed by atoms with Crippen molar-refractivity contribution in [3.05, 3.63) is 42.1 Å². The Bertz CT molecular complexity index is 683. The Hall–Kier alpha value is -1.50. The quantitative estimate of drug-likeness (QED) is 0.826. The van der Waals surface area contributed by atoms with E-state index >= 15 is 0 Å². The molecule has 0 saturated heterocycles. The molecule has 2 N–H and O–H groups in total. The second-order valence-electron chi connectivity index (χ2n) is 4.00. The lowest BCUT2D eigenvalue weighted by Gasteiger charge is -2.22. The molecule has 2 rings (SSSR count). The highest BCUT2D eigenvalue weighted by molar-refractivity contribution is 7.86. The molecule has 1 heterocycles. The summed E-state index contributed by atoms with van der Waals surface area (Å²) in [7, 11) is -4.64. The van der Waals surface area contributed by atoms with Gasteiger partial charge in [-0.05, 0) is 18.6 Å². The van der Waals surface area contributed by atoms with E-state index in [1.54, 1.807) is 18.2 Å². The maximum atomic E-state index is 11.3. The van der Waals surface area contributed by atoms with Crippen molar-refractivity contribution in [2.75, 3.05) is 0 Å². The predicted octanol–water partition coefficient (Wildman–Crippen LogP) is 1.68. The number of hydrogen-bond donors (Lipinski definition) is 2. The first-order valence-corrected chi connectivity index (χ1v) is 6.88. The fourth-order valence-corrected chi connectivity index (χ4v) is 2.52. The maximum absolute atomic E-state index is 11.3. The van der Waals surface area contributed by atoms with Crippen LogP contribution in [0.1, 0.15) is 19.0 Å². The number of fused-ring (bicyclic) bond motifs is 1. The van der Waals surface area contributed by atoms with Gasteiger partial charge in [-0.3, -0.25) is 4.55 Å². The molecule has 5 nitrogen and oxygen atoms in total. The van der Waals surface area contributed by atoms with Crippen molar-refractivity contribution in [1.29, 1.82) is 0 Å². The summed E-state index contributed by atoms with van der Waals surface area (Å²) in [4.78, 5) is 1.73. The van der Waals surface area contributed by atoms with Gasteiger partial charge in [-0.1, -0.05) is 31.2 Å². The first-order chi connectivity index (χ1) is 8.38. The fourth-order valence-electron chi connectivity index (χ4n) is 1.78. The second kappa shape index (κ2) is 4.31. The average Bonchev–Trinajstić information content (AvgIpc) is 2.35. The van der Waals surface area contributed by atoms with E-state index in [1.165, 1.54) is 13.0 Å². The van der Waals surface area contributed by atoms with Gasteiger partial charge in [0.1, 0.15) is 0 Å². The minimum atomic E-state index is -4.64. The molecule has 0 radical (unpaired) electrons. The van der Waals surface area contributed by atoms with Crippen LogP contribution in [0.15, 0.2) is 36.4 Å². The molecule has 96 valence electrons. The zero-order valence-electron chi connectivity index (χ0n) is 9.74. The molecule has 0 bridgehead atoms. The third kappa shape index (κ3) is 1.98. The maximum Gasteiger partial charge on any atom is 0.301 e. The van der Waals surface area contributed by atoms with Crippen molar-refractivity contribution in [3.63, 3.8) is 0 Å². The van der Waals surface area contributed by atoms with Gasteiger partial charge >= 0.3 is 10.1 Å². The summed E-state index contributed by atoms with van der Waals surface area (Å²) in [5, 5.41) is 10.9. The number of nitrogens with zero attached hydrogens (tertiary/aromatic N) is 1. The van der Waals surface area contributed by atoms with Gasteiger partial charge in [-0.2, -0.15) is 8.42 Å². The molecular formula is C12H13NO4S. The van der Waals surface area contributed by atoms with E-state index in [-0.39, 0.29) is 12.1 Å². The highest BCUT2D eigenvalue weighted by Crippen LogP contribution is 2.30. The number of para-hydroxylation sites is 1. The van der Waals surface area contributed by atoms with E-state index < -0.39 is 15.1 Å². The molecule has 2 aromatic rings. The van der Waals surface area contributed by atoms with Crippen molar-refractivity contribution < 1.29 is 18.1 Å². The minimum Gasteiger partial charge on any atom is -0.368 e. The van der Waals surface area contributed by atoms with Crippen LogP contribution in [0.25, 0.3) is 10.9 Å². The molecule has 0 spiro atoms. The van der Waals surface area contributed by atoms with Crippen LogP contribution in [0.2, 0.25) is 0 Å². The summed E-state index contributed by atoms with van der Waals surface area (Å²) in [5.41, 5.74) is 0.483. The Balaban J connectivity index is 2.67. The van der Waals surface area contributed by atoms with Gasteiger partial charge in [-0.15, -0.1) is 0 Å². The molecule has 1 unspecified atom stereocenters. The van der Waals surface area contributed by atoms with E-state index in [1.807, 2.05) is 12.1 Å². The topological polar surface area (TPSA) is 87.5 Å². The lowest BCUT2D eigenvalue weighted by atomic mass is 10.1. The molecule has 1 aromatic heterocycles. The molecule has 1 atom stereocenters. The standard InChI is InChI=1S/C12H13NO4S/c1-2-12(14,18(15,16)17)11-8-7-9-5-3-4-6-10(9)13-11/h3-8,14H,2H2,1H3,(H,15,16,17). The van der Waals surface area contributed by atoms with Crippen LogP contribution in [-0.4, -0.2) is 23.1 Å². The van der Waals surface area contributed by atoms with Gasteiger partial charge in [0, 0.05) is 5.39 Å². The van der Waals surface area contributed by atoms with E-state index in [0.717, 1.165) is 5.39 Å². The Kier molecular flexibility index (Phi) is 3.10. The zero-order valence-corrected chi connectivity index (χ0v) is 10.6. The van der Waals surface area contributed by atoms with Crippen molar-refractivity contribution in [2.24, 2.45) is 0 Å². The molecule has 18 heavy (non-hydrogen) atoms. The number of pyridine rings is 1. The minimum absolute atomic E-state index is 0.0776. The van der Waals surface area contributed by atoms with Gasteiger partial charge in [0.05, 0.1) is 11.2 Å². The van der Waals surface area contributed by atoms with Gasteiger partial charge in [0.25, 0.3) is 0 Å². The molecule has 0 aliphatic carbocycles. The molecular weight excluding hydrogens is 254 g/mol. The SMILES string of the molecule is CCC(O)(c1ccc2ccccc2n1)S(=O)(=O)O. The lowest BCUT2D eigenvalue weighted by Crippen LogP contribution is -2.35. The number of aromatic nitrogens is 1. The molecule has 0 aliphatic heterocycles. The number of hydrogen-bond acceptors (Lipinski definition) is 4. The molecule has 0 saturated carbocycles. The average molecular weight is 267 g/mol. The highest BCUT2D eigenvalue weighted by atomic mass is 32.2. The Labute approximate surface area is 105 Å². The normalized spacial score (nSPS) is 15.5. The Morgan fingerprint density at radius 1 is 1.22 bits per heavy atom. The predicted molar refractivity (Wildman–Crippen MR) is 67.5 cm³/mol. The van der Waals surface area contributed by atoms with Gasteiger partial charge in [-0.25, -0.2) is 4.98 Å². The van der Waals surface area contributed by atoms with Crippen molar-refractivity contribution in [3.8, 4) is 0 Å². The van der Waals surface area contributed by atoms with Crippen LogP contribution in [-0.2, 0) is 15.1 Å². The molecule has 1 aromatic carbocycles. The number of benzene rings is 1. The smallest absolute Gasteiger partial charge is 0.301 e. The summed E-state index contributed by atoms with van der Waals surface area (Å²) >= 11 is 0. The van der Waals surface area contributed by atoms with Crippen LogP contribution >= 0.6 is 0 Å². The highest BCUT2D eigenvalue weighted by Gasteiger charge is 2.42. The van der Waals surface area contributed by atoms with E-state index in [4.69, 9.17) is 4.55 Å². The molecule has 6 heteroatoms. The van der Waals surface area contributed by atoms with Crippen LogP contribution in [0.5, 0.6) is 0 Å². The van der Waals surface area contributed by atoms with E-state index in [9.17, 15) is 13.5 Å². The van der Waals surface area contributed by atoms with Crippen LogP contribution in [0, 0.1) is 0 Å². The molecule has 0 amide bonds. The molecule has 0 fully saturated rings. The van der Waals surface area contributed by atoms with Crippen LogP contribution < -0.4 is 0 Å². The Morgan fingerprint density at radius 2 is 1.89 bits per heavy atom. The summed E-state index contributed by atoms with van der Waals surface area (Å²) in [6, 6.07) is 10.2. The zero-order chi connectivity index (χ0) is 13.4. The fraction of sp³-hybridized carbons (Fsp3) is 0.250. The summed E-state index contributed by atoms with van der Waals surface area (Å²) in [5.74, 6) is 0. The van der Waals surface area contributed by atoms with Gasteiger partial charge < -0.3 is 5.11 Å². The van der Waals surface area contributed by atoms with Gasteiger partial charge in [0.2, 0.25) is 4.93 Å². The second-order valence-corrected chi connectivity index (χ2v) is 5.63. The molecule has 0 aliphatic rings. The third-order valence-corrected chi connectivity index (χ3v) is 4.26. The monoisotopic (exact) mass is 267 g/mol. The summed E-state index contributed by atoms with van der Waals surface area (Å²) in [6.45, 7) is 1.46. The van der Waals surface area contributed by atoms with Gasteiger partial charge in [0.15, 0.2) is 0 Å². The largest absolute Gasteiger partial charge is 0.368 e. The van der Waals surface area contributed by atoms with Crippen molar-refractivity contribution in [2.45, 2.75) is 18.3 Å². The Morgan fingerprint density at radius 3 is 2.50 bits per heavy atom. The van der Waals surface area contributed by atoms with Crippen molar-refractivity contribution in [1.82, 2.24) is 4.98 Å². The lowest BCUT2D eigenvalue weighted by molar-refractivity contribution is 0.104. The third-order valence-electron chi connectivity index (χ3n) is 2.90. The summed E-state index contributed by atoms with van der Waals surface area (Å²) in [6.07, 6.45) is -0.183. The van der Waals surface area contributed by atoms with E-state index in [2.05, 4.69) is 4.98 Å². The first kappa shape index (κ1) is 12.9. The van der Waals surface area contributed by atoms with Crippen molar-refractivity contribution >= 4 is 21.0 Å². The van der Waals surface area contributed by atoms with Crippen LogP contribution in [0.3, 0.4) is 0 Å². The van der Waals surface area contributed by atoms with E-state index in [0.29, 0.717) is 5.52 Å². The first-order valence-electron chi connectivity index (χ1n) is 5.44. The number of aliphatic hydroxyl groups is 1. The summed E-state index contributed by atoms with van der Waals surface area (Å²) < 4.78 is 31.7. The number of rotatable bonds is 3.